The van der Waals surface area contributed by atoms with Gasteiger partial charge in [-0.3, -0.25) is 4.79 Å². The van der Waals surface area contributed by atoms with Gasteiger partial charge in [0.1, 0.15) is 0 Å². The van der Waals surface area contributed by atoms with E-state index >= 15 is 0 Å². The van der Waals surface area contributed by atoms with Crippen molar-refractivity contribution in [2.45, 2.75) is 65.5 Å². The number of phenolic OH excluding ortho intramolecular Hbond substituents is 1. The Morgan fingerprint density at radius 2 is 1.90 bits per heavy atom. The smallest absolute Gasteiger partial charge is 0.407 e. The molecule has 2 unspecified atom stereocenters. The van der Waals surface area contributed by atoms with Crippen LogP contribution in [-0.4, -0.2) is 46.8 Å². The van der Waals surface area contributed by atoms with E-state index in [2.05, 4.69) is 26.1 Å². The van der Waals surface area contributed by atoms with Crippen molar-refractivity contribution in [3.05, 3.63) is 23.8 Å². The van der Waals surface area contributed by atoms with Crippen LogP contribution < -0.4 is 10.1 Å². The van der Waals surface area contributed by atoms with E-state index in [4.69, 9.17) is 4.74 Å². The van der Waals surface area contributed by atoms with Gasteiger partial charge in [-0.25, -0.2) is 4.79 Å². The van der Waals surface area contributed by atoms with Crippen molar-refractivity contribution in [2.24, 2.45) is 16.7 Å². The molecule has 3 rings (SSSR count). The van der Waals surface area contributed by atoms with Crippen LogP contribution in [0, 0.1) is 16.7 Å². The summed E-state index contributed by atoms with van der Waals surface area (Å²) in [6.07, 6.45) is 4.26. The van der Waals surface area contributed by atoms with Gasteiger partial charge in [-0.05, 0) is 41.4 Å². The predicted octanol–water partition coefficient (Wildman–Crippen LogP) is 3.99. The first kappa shape index (κ1) is 22.2. The number of rotatable bonds is 5. The molecule has 1 aromatic rings. The summed E-state index contributed by atoms with van der Waals surface area (Å²) < 4.78 is 5.13. The Labute approximate surface area is 178 Å². The second kappa shape index (κ2) is 8.36. The molecule has 2 atom stereocenters. The highest BCUT2D eigenvalue weighted by Gasteiger charge is 2.60. The third-order valence-corrected chi connectivity index (χ3v) is 7.21. The molecule has 0 bridgehead atoms. The first-order chi connectivity index (χ1) is 14.1. The van der Waals surface area contributed by atoms with Crippen molar-refractivity contribution >= 4 is 12.0 Å². The van der Waals surface area contributed by atoms with Crippen LogP contribution in [0.3, 0.4) is 0 Å². The maximum absolute atomic E-state index is 13.1. The Kier molecular flexibility index (Phi) is 6.20. The van der Waals surface area contributed by atoms with Gasteiger partial charge in [0.2, 0.25) is 5.91 Å². The van der Waals surface area contributed by atoms with Crippen LogP contribution in [0.1, 0.15) is 58.4 Å². The number of nitrogens with zero attached hydrogens (tertiary/aromatic N) is 1. The van der Waals surface area contributed by atoms with E-state index < -0.39 is 6.09 Å². The highest BCUT2D eigenvalue weighted by Crippen LogP contribution is 2.57. The van der Waals surface area contributed by atoms with Crippen molar-refractivity contribution in [1.29, 1.82) is 0 Å². The lowest BCUT2D eigenvalue weighted by Gasteiger charge is -2.61. The Bertz CT molecular complexity index is 795. The van der Waals surface area contributed by atoms with Gasteiger partial charge in [-0.15, -0.1) is 0 Å². The van der Waals surface area contributed by atoms with Gasteiger partial charge in [0.05, 0.1) is 19.1 Å². The van der Waals surface area contributed by atoms with E-state index in [1.54, 1.807) is 12.1 Å². The first-order valence-electron chi connectivity index (χ1n) is 10.7. The summed E-state index contributed by atoms with van der Waals surface area (Å²) in [5, 5.41) is 22.5. The monoisotopic (exact) mass is 418 g/mol. The fourth-order valence-corrected chi connectivity index (χ4v) is 5.44. The molecule has 7 nitrogen and oxygen atoms in total. The Hall–Kier alpha value is -2.44. The zero-order chi connectivity index (χ0) is 22.1. The van der Waals surface area contributed by atoms with Gasteiger partial charge in [0.25, 0.3) is 0 Å². The zero-order valence-corrected chi connectivity index (χ0v) is 18.4. The van der Waals surface area contributed by atoms with Crippen LogP contribution in [-0.2, 0) is 11.3 Å². The molecule has 0 spiro atoms. The first-order valence-corrected chi connectivity index (χ1v) is 10.7. The standard InChI is InChI=1S/C23H34N2O5/c1-22(2,3)23(10-6-5-7-11-23)19-16(14-25(19)21(28)29)20(27)24-13-15-8-9-17(26)18(12-15)30-4/h8-9,12,16,19,26H,5-7,10-11,13-14H2,1-4H3,(H,24,27)(H,28,29). The molecule has 1 heterocycles. The molecule has 7 heteroatoms. The summed E-state index contributed by atoms with van der Waals surface area (Å²) >= 11 is 0. The highest BCUT2D eigenvalue weighted by atomic mass is 16.5. The lowest BCUT2D eigenvalue weighted by atomic mass is 9.51. The quantitative estimate of drug-likeness (QED) is 0.671. The number of carbonyl (C=O) groups is 2. The molecule has 1 aliphatic carbocycles. The number of nitrogens with one attached hydrogen (secondary N) is 1. The number of hydrogen-bond acceptors (Lipinski definition) is 4. The Morgan fingerprint density at radius 3 is 2.47 bits per heavy atom. The van der Waals surface area contributed by atoms with Crippen molar-refractivity contribution < 1.29 is 24.5 Å². The average Bonchev–Trinajstić information content (AvgIpc) is 2.66. The number of hydrogen-bond donors (Lipinski definition) is 3. The second-order valence-electron chi connectivity index (χ2n) is 9.68. The molecular weight excluding hydrogens is 384 g/mol. The third kappa shape index (κ3) is 3.94. The molecule has 166 valence electrons. The number of benzene rings is 1. The number of ether oxygens (including phenoxy) is 1. The van der Waals surface area contributed by atoms with Gasteiger partial charge >= 0.3 is 6.09 Å². The molecule has 1 aromatic carbocycles. The number of carboxylic acid groups (broad SMARTS) is 1. The molecule has 0 radical (unpaired) electrons. The van der Waals surface area contributed by atoms with Gasteiger partial charge < -0.3 is 25.2 Å². The lowest BCUT2D eigenvalue weighted by molar-refractivity contribution is -0.153. The number of phenols is 1. The summed E-state index contributed by atoms with van der Waals surface area (Å²) in [5.74, 6) is -0.0569. The van der Waals surface area contributed by atoms with E-state index in [-0.39, 0.29) is 41.0 Å². The average molecular weight is 419 g/mol. The van der Waals surface area contributed by atoms with Crippen LogP contribution >= 0.6 is 0 Å². The predicted molar refractivity (Wildman–Crippen MR) is 113 cm³/mol. The van der Waals surface area contributed by atoms with Crippen LogP contribution in [0.5, 0.6) is 11.5 Å². The molecule has 2 amide bonds. The van der Waals surface area contributed by atoms with Crippen LogP contribution in [0.2, 0.25) is 0 Å². The number of carbonyl (C=O) groups excluding carboxylic acids is 1. The van der Waals surface area contributed by atoms with Gasteiger partial charge in [-0.2, -0.15) is 0 Å². The highest BCUT2D eigenvalue weighted by molar-refractivity contribution is 5.83. The maximum Gasteiger partial charge on any atom is 0.407 e. The topological polar surface area (TPSA) is 99.1 Å². The number of likely N-dealkylation sites (tertiary alicyclic amines) is 1. The van der Waals surface area contributed by atoms with E-state index in [0.29, 0.717) is 12.3 Å². The minimum Gasteiger partial charge on any atom is -0.504 e. The van der Waals surface area contributed by atoms with Gasteiger partial charge in [0, 0.05) is 13.1 Å². The van der Waals surface area contributed by atoms with Crippen molar-refractivity contribution in [3.8, 4) is 11.5 Å². The minimum absolute atomic E-state index is 0.0492. The van der Waals surface area contributed by atoms with Crippen LogP contribution in [0.25, 0.3) is 0 Å². The SMILES string of the molecule is COc1cc(CNC(=O)C2CN(C(=O)O)C2C2(C(C)(C)C)CCCCC2)ccc1O. The molecule has 1 aliphatic heterocycles. The summed E-state index contributed by atoms with van der Waals surface area (Å²) in [7, 11) is 1.48. The fraction of sp³-hybridized carbons (Fsp3) is 0.652. The van der Waals surface area contributed by atoms with E-state index in [1.807, 2.05) is 0 Å². The van der Waals surface area contributed by atoms with Crippen LogP contribution in [0.4, 0.5) is 4.79 Å². The molecule has 1 saturated heterocycles. The van der Waals surface area contributed by atoms with E-state index in [0.717, 1.165) is 37.7 Å². The number of methoxy groups -OCH3 is 1. The van der Waals surface area contributed by atoms with Gasteiger partial charge in [-0.1, -0.05) is 46.1 Å². The lowest BCUT2D eigenvalue weighted by Crippen LogP contribution is -2.71. The molecule has 1 saturated carbocycles. The van der Waals surface area contributed by atoms with E-state index in [1.165, 1.54) is 18.1 Å². The molecular formula is C23H34N2O5. The molecule has 2 fully saturated rings. The normalized spacial score (nSPS) is 23.4. The van der Waals surface area contributed by atoms with Crippen molar-refractivity contribution in [2.75, 3.05) is 13.7 Å². The molecule has 3 N–H and O–H groups in total. The Balaban J connectivity index is 1.78. The fourth-order valence-electron chi connectivity index (χ4n) is 5.44. The van der Waals surface area contributed by atoms with E-state index in [9.17, 15) is 19.8 Å². The van der Waals surface area contributed by atoms with Gasteiger partial charge in [0.15, 0.2) is 11.5 Å². The summed E-state index contributed by atoms with van der Waals surface area (Å²) in [4.78, 5) is 26.5. The maximum atomic E-state index is 13.1. The summed E-state index contributed by atoms with van der Waals surface area (Å²) in [6.45, 7) is 7.06. The number of amides is 2. The van der Waals surface area contributed by atoms with Crippen molar-refractivity contribution in [3.63, 3.8) is 0 Å². The molecule has 2 aliphatic rings. The van der Waals surface area contributed by atoms with Crippen molar-refractivity contribution in [1.82, 2.24) is 10.2 Å². The Morgan fingerprint density at radius 1 is 1.23 bits per heavy atom. The second-order valence-corrected chi connectivity index (χ2v) is 9.68. The van der Waals surface area contributed by atoms with Crippen LogP contribution in [0.15, 0.2) is 18.2 Å². The molecule has 0 aromatic heterocycles. The minimum atomic E-state index is -0.943. The largest absolute Gasteiger partial charge is 0.504 e. The zero-order valence-electron chi connectivity index (χ0n) is 18.4. The number of aromatic hydroxyl groups is 1. The third-order valence-electron chi connectivity index (χ3n) is 7.21. The molecule has 30 heavy (non-hydrogen) atoms. The summed E-state index contributed by atoms with van der Waals surface area (Å²) in [5.41, 5.74) is 0.507. The summed E-state index contributed by atoms with van der Waals surface area (Å²) in [6, 6.07) is 4.66.